The van der Waals surface area contributed by atoms with E-state index in [0.29, 0.717) is 22.6 Å². The number of aliphatic hydroxyl groups excluding tert-OH is 1. The third-order valence-corrected chi connectivity index (χ3v) is 4.88. The first kappa shape index (κ1) is 20.9. The minimum atomic E-state index is -1.11. The van der Waals surface area contributed by atoms with Crippen molar-refractivity contribution in [2.24, 2.45) is 0 Å². The number of rotatable bonds is 7. The molecule has 1 saturated heterocycles. The highest BCUT2D eigenvalue weighted by atomic mass is 16.5. The number of ketones is 1. The number of carbonyl (C=O) groups is 3. The lowest BCUT2D eigenvalue weighted by atomic mass is 9.95. The van der Waals surface area contributed by atoms with Crippen LogP contribution >= 0.6 is 0 Å². The van der Waals surface area contributed by atoms with Crippen LogP contribution in [0.15, 0.2) is 54.1 Å². The summed E-state index contributed by atoms with van der Waals surface area (Å²) in [6, 6.07) is 12.3. The van der Waals surface area contributed by atoms with Crippen molar-refractivity contribution >= 4 is 23.4 Å². The summed E-state index contributed by atoms with van der Waals surface area (Å²) in [4.78, 5) is 37.8. The molecule has 3 rings (SSSR count). The van der Waals surface area contributed by atoms with Gasteiger partial charge in [0.05, 0.1) is 32.3 Å². The number of Topliss-reactive ketones (excluding diaryl/α,β-unsaturated/α-hetero) is 1. The summed E-state index contributed by atoms with van der Waals surface area (Å²) in [6.07, 6.45) is -0.345. The Morgan fingerprint density at radius 3 is 2.27 bits per heavy atom. The van der Waals surface area contributed by atoms with Gasteiger partial charge in [0.15, 0.2) is 11.5 Å². The van der Waals surface area contributed by atoms with Crippen LogP contribution < -0.4 is 9.47 Å². The molecule has 156 valence electrons. The average Bonchev–Trinajstić information content (AvgIpc) is 3.01. The summed E-state index contributed by atoms with van der Waals surface area (Å²) in [6.45, 7) is -0.190. The summed E-state index contributed by atoms with van der Waals surface area (Å²) >= 11 is 0. The zero-order chi connectivity index (χ0) is 21.8. The summed E-state index contributed by atoms with van der Waals surface area (Å²) in [7, 11) is 2.93. The van der Waals surface area contributed by atoms with Gasteiger partial charge in [0.1, 0.15) is 5.76 Å². The van der Waals surface area contributed by atoms with E-state index in [-0.39, 0.29) is 24.3 Å². The number of benzene rings is 2. The van der Waals surface area contributed by atoms with Crippen molar-refractivity contribution in [2.45, 2.75) is 12.5 Å². The molecular weight excluding hydrogens is 390 g/mol. The van der Waals surface area contributed by atoms with Crippen LogP contribution in [0.2, 0.25) is 0 Å². The molecule has 0 aromatic heterocycles. The predicted octanol–water partition coefficient (Wildman–Crippen LogP) is 2.60. The molecule has 0 radical (unpaired) electrons. The Kier molecular flexibility index (Phi) is 6.06. The van der Waals surface area contributed by atoms with Gasteiger partial charge in [-0.3, -0.25) is 14.4 Å². The highest BCUT2D eigenvalue weighted by Crippen LogP contribution is 2.41. The van der Waals surface area contributed by atoms with Crippen molar-refractivity contribution in [1.29, 1.82) is 0 Å². The SMILES string of the molecule is COc1ccc(C2C(=C(O)c3ccccc3)C(=O)C(=O)N2CCC(=O)O)cc1OC. The Morgan fingerprint density at radius 2 is 1.67 bits per heavy atom. The molecule has 8 nitrogen and oxygen atoms in total. The van der Waals surface area contributed by atoms with Gasteiger partial charge in [-0.15, -0.1) is 0 Å². The van der Waals surface area contributed by atoms with Gasteiger partial charge in [0, 0.05) is 12.1 Å². The fraction of sp³-hybridized carbons (Fsp3) is 0.227. The van der Waals surface area contributed by atoms with E-state index in [9.17, 15) is 19.5 Å². The molecule has 1 unspecified atom stereocenters. The second kappa shape index (κ2) is 8.69. The van der Waals surface area contributed by atoms with Gasteiger partial charge in [-0.2, -0.15) is 0 Å². The number of likely N-dealkylation sites (tertiary alicyclic amines) is 1. The summed E-state index contributed by atoms with van der Waals surface area (Å²) in [5.74, 6) is -2.35. The van der Waals surface area contributed by atoms with Gasteiger partial charge < -0.3 is 24.6 Å². The van der Waals surface area contributed by atoms with Crippen LogP contribution in [-0.2, 0) is 14.4 Å². The maximum Gasteiger partial charge on any atom is 0.305 e. The lowest BCUT2D eigenvalue weighted by Crippen LogP contribution is -2.31. The minimum absolute atomic E-state index is 0.108. The molecule has 1 amide bonds. The maximum atomic E-state index is 12.8. The zero-order valence-corrected chi connectivity index (χ0v) is 16.5. The first-order valence-electron chi connectivity index (χ1n) is 9.16. The van der Waals surface area contributed by atoms with Crippen molar-refractivity contribution in [1.82, 2.24) is 4.90 Å². The highest BCUT2D eigenvalue weighted by molar-refractivity contribution is 6.46. The molecule has 1 heterocycles. The quantitative estimate of drug-likeness (QED) is 0.409. The van der Waals surface area contributed by atoms with Crippen LogP contribution in [0.3, 0.4) is 0 Å². The van der Waals surface area contributed by atoms with Gasteiger partial charge in [0.25, 0.3) is 11.7 Å². The number of methoxy groups -OCH3 is 2. The molecule has 2 aromatic rings. The summed E-state index contributed by atoms with van der Waals surface area (Å²) in [5.41, 5.74) is 0.748. The van der Waals surface area contributed by atoms with Crippen LogP contribution in [0.4, 0.5) is 0 Å². The largest absolute Gasteiger partial charge is 0.507 e. The lowest BCUT2D eigenvalue weighted by molar-refractivity contribution is -0.142. The molecule has 2 N–H and O–H groups in total. The van der Waals surface area contributed by atoms with E-state index < -0.39 is 23.7 Å². The van der Waals surface area contributed by atoms with E-state index in [1.165, 1.54) is 14.2 Å². The standard InChI is InChI=1S/C22H21NO7/c1-29-15-9-8-14(12-16(15)30-2)19-18(20(26)13-6-4-3-5-7-13)21(27)22(28)23(19)11-10-17(24)25/h3-9,12,19,26H,10-11H2,1-2H3,(H,24,25). The van der Waals surface area contributed by atoms with Crippen LogP contribution in [0.25, 0.3) is 5.76 Å². The van der Waals surface area contributed by atoms with Crippen LogP contribution in [-0.4, -0.2) is 53.5 Å². The molecule has 1 aliphatic rings. The first-order valence-corrected chi connectivity index (χ1v) is 9.16. The van der Waals surface area contributed by atoms with E-state index in [0.717, 1.165) is 4.90 Å². The molecule has 0 aliphatic carbocycles. The molecule has 0 bridgehead atoms. The number of aliphatic carboxylic acids is 1. The van der Waals surface area contributed by atoms with Crippen LogP contribution in [0, 0.1) is 0 Å². The van der Waals surface area contributed by atoms with Gasteiger partial charge in [-0.1, -0.05) is 36.4 Å². The second-order valence-electron chi connectivity index (χ2n) is 6.62. The van der Waals surface area contributed by atoms with Crippen molar-refractivity contribution in [3.05, 3.63) is 65.2 Å². The Balaban J connectivity index is 2.18. The Hall–Kier alpha value is -3.81. The average molecular weight is 411 g/mol. The number of amides is 1. The monoisotopic (exact) mass is 411 g/mol. The highest BCUT2D eigenvalue weighted by Gasteiger charge is 2.46. The Labute approximate surface area is 173 Å². The normalized spacial score (nSPS) is 17.8. The number of carboxylic acid groups (broad SMARTS) is 1. The van der Waals surface area contributed by atoms with Gasteiger partial charge in [0.2, 0.25) is 0 Å². The van der Waals surface area contributed by atoms with Crippen molar-refractivity contribution in [3.8, 4) is 11.5 Å². The molecule has 30 heavy (non-hydrogen) atoms. The number of aliphatic hydroxyl groups is 1. The molecule has 1 aliphatic heterocycles. The molecule has 2 aromatic carbocycles. The van der Waals surface area contributed by atoms with Gasteiger partial charge in [-0.05, 0) is 17.7 Å². The van der Waals surface area contributed by atoms with E-state index in [2.05, 4.69) is 0 Å². The van der Waals surface area contributed by atoms with Gasteiger partial charge >= 0.3 is 5.97 Å². The van der Waals surface area contributed by atoms with E-state index >= 15 is 0 Å². The van der Waals surface area contributed by atoms with Crippen molar-refractivity contribution in [3.63, 3.8) is 0 Å². The van der Waals surface area contributed by atoms with Crippen LogP contribution in [0.5, 0.6) is 11.5 Å². The minimum Gasteiger partial charge on any atom is -0.507 e. The predicted molar refractivity (Wildman–Crippen MR) is 107 cm³/mol. The summed E-state index contributed by atoms with van der Waals surface area (Å²) in [5, 5.41) is 19.9. The topological polar surface area (TPSA) is 113 Å². The number of carboxylic acids is 1. The molecule has 0 saturated carbocycles. The van der Waals surface area contributed by atoms with E-state index in [1.54, 1.807) is 48.5 Å². The summed E-state index contributed by atoms with van der Waals surface area (Å²) < 4.78 is 10.6. The molecule has 8 heteroatoms. The number of nitrogens with zero attached hydrogens (tertiary/aromatic N) is 1. The van der Waals surface area contributed by atoms with Gasteiger partial charge in [-0.25, -0.2) is 0 Å². The van der Waals surface area contributed by atoms with E-state index in [1.807, 2.05) is 0 Å². The fourth-order valence-electron chi connectivity index (χ4n) is 3.45. The van der Waals surface area contributed by atoms with Crippen molar-refractivity contribution < 1.29 is 34.1 Å². The fourth-order valence-corrected chi connectivity index (χ4v) is 3.45. The molecule has 1 fully saturated rings. The maximum absolute atomic E-state index is 12.8. The second-order valence-corrected chi connectivity index (χ2v) is 6.62. The Morgan fingerprint density at radius 1 is 1.00 bits per heavy atom. The smallest absolute Gasteiger partial charge is 0.305 e. The molecule has 0 spiro atoms. The third kappa shape index (κ3) is 3.84. The lowest BCUT2D eigenvalue weighted by Gasteiger charge is -2.25. The van der Waals surface area contributed by atoms with Crippen molar-refractivity contribution in [2.75, 3.05) is 20.8 Å². The Bertz CT molecular complexity index is 1010. The number of hydrogen-bond acceptors (Lipinski definition) is 6. The zero-order valence-electron chi connectivity index (χ0n) is 16.5. The molecule has 1 atom stereocenters. The molecular formula is C22H21NO7. The number of hydrogen-bond donors (Lipinski definition) is 2. The number of ether oxygens (including phenoxy) is 2. The third-order valence-electron chi connectivity index (χ3n) is 4.88. The van der Waals surface area contributed by atoms with Crippen LogP contribution in [0.1, 0.15) is 23.6 Å². The van der Waals surface area contributed by atoms with E-state index in [4.69, 9.17) is 14.6 Å². The number of carbonyl (C=O) groups excluding carboxylic acids is 2. The first-order chi connectivity index (χ1) is 14.4.